The lowest BCUT2D eigenvalue weighted by Gasteiger charge is -2.20. The summed E-state index contributed by atoms with van der Waals surface area (Å²) in [5.41, 5.74) is 0.684. The van der Waals surface area contributed by atoms with Crippen LogP contribution >= 0.6 is 0 Å². The van der Waals surface area contributed by atoms with E-state index < -0.39 is 0 Å². The Morgan fingerprint density at radius 3 is 2.71 bits per heavy atom. The second-order valence-electron chi connectivity index (χ2n) is 5.45. The molecule has 1 heterocycles. The normalized spacial score (nSPS) is 12.8. The molecule has 0 spiro atoms. The van der Waals surface area contributed by atoms with Gasteiger partial charge in [-0.2, -0.15) is 5.10 Å². The molecule has 5 heteroatoms. The topological polar surface area (TPSA) is 42.7 Å². The number of hydrogen-bond acceptors (Lipinski definition) is 3. The van der Waals surface area contributed by atoms with E-state index >= 15 is 0 Å². The summed E-state index contributed by atoms with van der Waals surface area (Å²) < 4.78 is 16.0. The molecule has 1 atom stereocenters. The van der Waals surface area contributed by atoms with Crippen molar-refractivity contribution in [1.29, 1.82) is 0 Å². The van der Waals surface area contributed by atoms with E-state index in [0.717, 1.165) is 18.8 Å². The molecular formula is C16H23FN4. The smallest absolute Gasteiger partial charge is 0.138 e. The Morgan fingerprint density at radius 1 is 1.29 bits per heavy atom. The fraction of sp³-hybridized carbons (Fsp3) is 0.500. The van der Waals surface area contributed by atoms with Crippen LogP contribution in [0.3, 0.4) is 0 Å². The van der Waals surface area contributed by atoms with Crippen LogP contribution in [0, 0.1) is 5.82 Å². The van der Waals surface area contributed by atoms with E-state index in [0.29, 0.717) is 12.0 Å². The number of rotatable bonds is 7. The van der Waals surface area contributed by atoms with Gasteiger partial charge < -0.3 is 5.32 Å². The van der Waals surface area contributed by atoms with Gasteiger partial charge in [-0.05, 0) is 32.9 Å². The third-order valence-electron chi connectivity index (χ3n) is 3.44. The largest absolute Gasteiger partial charge is 0.309 e. The Kier molecular flexibility index (Phi) is 5.44. The maximum atomic E-state index is 14.1. The first-order valence-electron chi connectivity index (χ1n) is 7.49. The van der Waals surface area contributed by atoms with Gasteiger partial charge >= 0.3 is 0 Å². The second-order valence-corrected chi connectivity index (χ2v) is 5.45. The highest BCUT2D eigenvalue weighted by molar-refractivity contribution is 5.22. The molecule has 0 aliphatic heterocycles. The van der Waals surface area contributed by atoms with Crippen molar-refractivity contribution in [2.45, 2.75) is 45.7 Å². The quantitative estimate of drug-likeness (QED) is 0.851. The third kappa shape index (κ3) is 3.88. The van der Waals surface area contributed by atoms with Crippen LogP contribution in [0.4, 0.5) is 4.39 Å². The highest BCUT2D eigenvalue weighted by atomic mass is 19.1. The van der Waals surface area contributed by atoms with Crippen LogP contribution in [0.25, 0.3) is 0 Å². The molecule has 2 rings (SSSR count). The minimum absolute atomic E-state index is 0.0900. The lowest BCUT2D eigenvalue weighted by molar-refractivity contribution is 0.452. The molecule has 1 N–H and O–H groups in total. The number of nitrogens with zero attached hydrogens (tertiary/aromatic N) is 3. The molecule has 0 fully saturated rings. The molecule has 1 aromatic heterocycles. The van der Waals surface area contributed by atoms with Crippen molar-refractivity contribution in [2.24, 2.45) is 0 Å². The fourth-order valence-electron chi connectivity index (χ4n) is 2.40. The third-order valence-corrected chi connectivity index (χ3v) is 3.44. The molecule has 0 amide bonds. The van der Waals surface area contributed by atoms with Crippen LogP contribution in [0.5, 0.6) is 0 Å². The molecule has 0 aliphatic carbocycles. The highest BCUT2D eigenvalue weighted by Crippen LogP contribution is 2.21. The van der Waals surface area contributed by atoms with Crippen molar-refractivity contribution in [3.63, 3.8) is 0 Å². The lowest BCUT2D eigenvalue weighted by Crippen LogP contribution is -2.26. The van der Waals surface area contributed by atoms with Crippen molar-refractivity contribution in [2.75, 3.05) is 6.54 Å². The van der Waals surface area contributed by atoms with Gasteiger partial charge in [-0.3, -0.25) is 0 Å². The number of aromatic nitrogens is 3. The van der Waals surface area contributed by atoms with Gasteiger partial charge in [0.1, 0.15) is 18.0 Å². The minimum Gasteiger partial charge on any atom is -0.309 e. The van der Waals surface area contributed by atoms with E-state index in [2.05, 4.69) is 36.2 Å². The van der Waals surface area contributed by atoms with Gasteiger partial charge in [-0.25, -0.2) is 14.1 Å². The molecule has 4 nitrogen and oxygen atoms in total. The van der Waals surface area contributed by atoms with Gasteiger partial charge in [0.2, 0.25) is 0 Å². The predicted octanol–water partition coefficient (Wildman–Crippen LogP) is 3.28. The van der Waals surface area contributed by atoms with Crippen LogP contribution < -0.4 is 5.32 Å². The summed E-state index contributed by atoms with van der Waals surface area (Å²) in [6.07, 6.45) is 3.19. The monoisotopic (exact) mass is 290 g/mol. The van der Waals surface area contributed by atoms with Crippen LogP contribution in [-0.4, -0.2) is 21.3 Å². The summed E-state index contributed by atoms with van der Waals surface area (Å²) in [6, 6.07) is 7.07. The van der Waals surface area contributed by atoms with Crippen molar-refractivity contribution < 1.29 is 4.39 Å². The van der Waals surface area contributed by atoms with E-state index in [1.54, 1.807) is 12.4 Å². The summed E-state index contributed by atoms with van der Waals surface area (Å²) >= 11 is 0. The van der Waals surface area contributed by atoms with Crippen molar-refractivity contribution >= 4 is 0 Å². The van der Waals surface area contributed by atoms with Gasteiger partial charge in [-0.1, -0.05) is 25.1 Å². The van der Waals surface area contributed by atoms with Gasteiger partial charge in [-0.15, -0.1) is 0 Å². The van der Waals surface area contributed by atoms with Gasteiger partial charge in [0.15, 0.2) is 0 Å². The van der Waals surface area contributed by atoms with E-state index in [1.807, 2.05) is 16.8 Å². The van der Waals surface area contributed by atoms with Crippen LogP contribution in [-0.2, 0) is 6.42 Å². The molecule has 0 radical (unpaired) electrons. The first-order chi connectivity index (χ1) is 10.1. The summed E-state index contributed by atoms with van der Waals surface area (Å²) in [7, 11) is 0. The minimum atomic E-state index is -0.179. The summed E-state index contributed by atoms with van der Waals surface area (Å²) in [5.74, 6) is 0.698. The zero-order valence-corrected chi connectivity index (χ0v) is 12.9. The molecule has 2 aromatic rings. The molecule has 0 saturated carbocycles. The number of hydrogen-bond donors (Lipinski definition) is 1. The van der Waals surface area contributed by atoms with E-state index in [-0.39, 0.29) is 17.9 Å². The average molecular weight is 290 g/mol. The van der Waals surface area contributed by atoms with Gasteiger partial charge in [0.05, 0.1) is 0 Å². The Bertz CT molecular complexity index is 565. The Labute approximate surface area is 125 Å². The summed E-state index contributed by atoms with van der Waals surface area (Å²) in [4.78, 5) is 4.33. The molecule has 114 valence electrons. The second kappa shape index (κ2) is 7.31. The molecule has 0 saturated heterocycles. The first kappa shape index (κ1) is 15.6. The van der Waals surface area contributed by atoms with Crippen LogP contribution in [0.1, 0.15) is 50.7 Å². The summed E-state index contributed by atoms with van der Waals surface area (Å²) in [6.45, 7) is 7.07. The van der Waals surface area contributed by atoms with Crippen molar-refractivity contribution in [3.05, 3.63) is 47.8 Å². The zero-order chi connectivity index (χ0) is 15.2. The Hall–Kier alpha value is -1.75. The van der Waals surface area contributed by atoms with Crippen LogP contribution in [0.2, 0.25) is 0 Å². The molecule has 21 heavy (non-hydrogen) atoms. The number of nitrogens with one attached hydrogen (secondary N) is 1. The lowest BCUT2D eigenvalue weighted by atomic mass is 10.0. The molecule has 0 aliphatic rings. The molecule has 0 bridgehead atoms. The van der Waals surface area contributed by atoms with Gasteiger partial charge in [0, 0.05) is 24.1 Å². The standard InChI is InChI=1S/C16H23FN4/c1-4-9-18-15(13-7-5-6-8-14(13)17)10-16-19-11-20-21(16)12(2)3/h5-8,11-12,15,18H,4,9-10H2,1-3H3. The van der Waals surface area contributed by atoms with E-state index in [9.17, 15) is 4.39 Å². The highest BCUT2D eigenvalue weighted by Gasteiger charge is 2.19. The SMILES string of the molecule is CCCNC(Cc1ncnn1C(C)C)c1ccccc1F. The van der Waals surface area contributed by atoms with E-state index in [4.69, 9.17) is 0 Å². The van der Waals surface area contributed by atoms with Crippen LogP contribution in [0.15, 0.2) is 30.6 Å². The van der Waals surface area contributed by atoms with Crippen molar-refractivity contribution in [1.82, 2.24) is 20.1 Å². The fourth-order valence-corrected chi connectivity index (χ4v) is 2.40. The maximum absolute atomic E-state index is 14.1. The van der Waals surface area contributed by atoms with Gasteiger partial charge in [0.25, 0.3) is 0 Å². The number of halogens is 1. The average Bonchev–Trinajstić information content (AvgIpc) is 2.92. The van der Waals surface area contributed by atoms with Crippen molar-refractivity contribution in [3.8, 4) is 0 Å². The summed E-state index contributed by atoms with van der Waals surface area (Å²) in [5, 5.41) is 7.66. The molecule has 1 unspecified atom stereocenters. The number of benzene rings is 1. The maximum Gasteiger partial charge on any atom is 0.138 e. The Balaban J connectivity index is 2.24. The predicted molar refractivity (Wildman–Crippen MR) is 81.5 cm³/mol. The zero-order valence-electron chi connectivity index (χ0n) is 12.9. The molecule has 1 aromatic carbocycles. The first-order valence-corrected chi connectivity index (χ1v) is 7.49. The molecular weight excluding hydrogens is 267 g/mol. The Morgan fingerprint density at radius 2 is 2.05 bits per heavy atom. The van der Waals surface area contributed by atoms with E-state index in [1.165, 1.54) is 6.07 Å².